The fraction of sp³-hybridized carbons (Fsp3) is 0.320. The van der Waals surface area contributed by atoms with E-state index in [9.17, 15) is 18.0 Å². The first-order valence-corrected chi connectivity index (χ1v) is 14.2. The number of pyridine rings is 1. The number of likely N-dealkylation sites (tertiary alicyclic amines) is 1. The van der Waals surface area contributed by atoms with Crippen molar-refractivity contribution in [2.45, 2.75) is 35.6 Å². The van der Waals surface area contributed by atoms with E-state index < -0.39 is 10.0 Å². The van der Waals surface area contributed by atoms with Gasteiger partial charge in [0.1, 0.15) is 5.65 Å². The molecule has 4 heterocycles. The molecule has 0 bridgehead atoms. The molecule has 0 aliphatic carbocycles. The van der Waals surface area contributed by atoms with Gasteiger partial charge in [0.15, 0.2) is 0 Å². The van der Waals surface area contributed by atoms with Crippen LogP contribution in [0.4, 0.5) is 0 Å². The average Bonchev–Trinajstić information content (AvgIpc) is 3.30. The summed E-state index contributed by atoms with van der Waals surface area (Å²) in [6.07, 6.45) is 7.34. The molecule has 0 atom stereocenters. The highest BCUT2D eigenvalue weighted by Gasteiger charge is 2.24. The minimum Gasteiger partial charge on any atom is -0.352 e. The van der Waals surface area contributed by atoms with Gasteiger partial charge in [-0.05, 0) is 74.1 Å². The lowest BCUT2D eigenvalue weighted by Gasteiger charge is -2.32. The number of carbonyl (C=O) groups is 2. The summed E-state index contributed by atoms with van der Waals surface area (Å²) in [6, 6.07) is 11.6. The van der Waals surface area contributed by atoms with Gasteiger partial charge in [-0.1, -0.05) is 17.8 Å². The molecule has 1 fully saturated rings. The summed E-state index contributed by atoms with van der Waals surface area (Å²) in [5.41, 5.74) is 2.24. The SMILES string of the molecule is NS(=O)(=O)c1ccc(C(=O)N2CCC(CCCNC(=O)C3=Cc4cnc5cccc(n45)S3)CC2)cc1. The third-order valence-electron chi connectivity index (χ3n) is 6.64. The predicted octanol–water partition coefficient (Wildman–Crippen LogP) is 2.88. The summed E-state index contributed by atoms with van der Waals surface area (Å²) in [4.78, 5) is 32.3. The molecule has 5 rings (SSSR count). The number of thioether (sulfide) groups is 1. The van der Waals surface area contributed by atoms with Gasteiger partial charge in [-0.2, -0.15) is 0 Å². The molecule has 188 valence electrons. The van der Waals surface area contributed by atoms with Crippen LogP contribution in [0.25, 0.3) is 11.7 Å². The maximum absolute atomic E-state index is 12.8. The van der Waals surface area contributed by atoms with Crippen LogP contribution in [0, 0.1) is 5.92 Å². The van der Waals surface area contributed by atoms with Crippen LogP contribution >= 0.6 is 11.8 Å². The van der Waals surface area contributed by atoms with Crippen LogP contribution in [-0.4, -0.2) is 54.2 Å². The summed E-state index contributed by atoms with van der Waals surface area (Å²) in [5.74, 6) is 0.334. The van der Waals surface area contributed by atoms with E-state index in [1.807, 2.05) is 33.6 Å². The lowest BCUT2D eigenvalue weighted by molar-refractivity contribution is -0.116. The van der Waals surface area contributed by atoms with Crippen LogP contribution in [-0.2, 0) is 14.8 Å². The molecule has 11 heteroatoms. The van der Waals surface area contributed by atoms with E-state index in [2.05, 4.69) is 10.3 Å². The van der Waals surface area contributed by atoms with E-state index in [1.165, 1.54) is 36.0 Å². The van der Waals surface area contributed by atoms with Crippen molar-refractivity contribution in [3.8, 4) is 0 Å². The smallest absolute Gasteiger partial charge is 0.258 e. The number of nitrogens with two attached hydrogens (primary N) is 1. The van der Waals surface area contributed by atoms with Crippen LogP contribution in [0.3, 0.4) is 0 Å². The van der Waals surface area contributed by atoms with Crippen molar-refractivity contribution in [3.05, 3.63) is 64.8 Å². The molecule has 3 aromatic rings. The quantitative estimate of drug-likeness (QED) is 0.457. The largest absolute Gasteiger partial charge is 0.352 e. The Morgan fingerprint density at radius 2 is 1.86 bits per heavy atom. The van der Waals surface area contributed by atoms with Crippen molar-refractivity contribution in [3.63, 3.8) is 0 Å². The molecular weight excluding hydrogens is 498 g/mol. The lowest BCUT2D eigenvalue weighted by Crippen LogP contribution is -2.38. The van der Waals surface area contributed by atoms with E-state index in [0.717, 1.165) is 42.1 Å². The van der Waals surface area contributed by atoms with Crippen molar-refractivity contribution in [1.29, 1.82) is 0 Å². The first-order valence-electron chi connectivity index (χ1n) is 11.9. The highest BCUT2D eigenvalue weighted by Crippen LogP contribution is 2.34. The number of hydrogen-bond acceptors (Lipinski definition) is 6. The van der Waals surface area contributed by atoms with Gasteiger partial charge in [-0.15, -0.1) is 0 Å². The summed E-state index contributed by atoms with van der Waals surface area (Å²) < 4.78 is 24.8. The van der Waals surface area contributed by atoms with Crippen molar-refractivity contribution in [1.82, 2.24) is 19.6 Å². The molecule has 1 saturated heterocycles. The Hall–Kier alpha value is -3.15. The van der Waals surface area contributed by atoms with Gasteiger partial charge in [0, 0.05) is 25.2 Å². The number of carbonyl (C=O) groups excluding carboxylic acids is 2. The first-order chi connectivity index (χ1) is 17.3. The normalized spacial score (nSPS) is 16.1. The maximum atomic E-state index is 12.8. The number of primary sulfonamides is 1. The Kier molecular flexibility index (Phi) is 6.87. The number of nitrogens with zero attached hydrogens (tertiary/aromatic N) is 3. The molecule has 2 aliphatic rings. The van der Waals surface area contributed by atoms with E-state index in [-0.39, 0.29) is 16.7 Å². The molecule has 3 N–H and O–H groups in total. The van der Waals surface area contributed by atoms with Gasteiger partial charge >= 0.3 is 0 Å². The van der Waals surface area contributed by atoms with E-state index in [1.54, 1.807) is 6.20 Å². The fourth-order valence-corrected chi connectivity index (χ4v) is 6.19. The van der Waals surface area contributed by atoms with Gasteiger partial charge in [0.25, 0.3) is 11.8 Å². The predicted molar refractivity (Wildman–Crippen MR) is 138 cm³/mol. The van der Waals surface area contributed by atoms with Gasteiger partial charge in [0.2, 0.25) is 10.0 Å². The Labute approximate surface area is 213 Å². The number of benzene rings is 1. The van der Waals surface area contributed by atoms with Crippen LogP contribution in [0.15, 0.2) is 63.5 Å². The highest BCUT2D eigenvalue weighted by molar-refractivity contribution is 8.04. The first kappa shape index (κ1) is 24.5. The Morgan fingerprint density at radius 1 is 1.11 bits per heavy atom. The topological polar surface area (TPSA) is 127 Å². The molecule has 1 aromatic carbocycles. The highest BCUT2D eigenvalue weighted by atomic mass is 32.2. The zero-order valence-corrected chi connectivity index (χ0v) is 21.2. The molecule has 0 saturated carbocycles. The van der Waals surface area contributed by atoms with E-state index >= 15 is 0 Å². The molecule has 36 heavy (non-hydrogen) atoms. The second-order valence-electron chi connectivity index (χ2n) is 9.05. The third kappa shape index (κ3) is 5.18. The molecular formula is C25H27N5O4S2. The molecule has 2 aliphatic heterocycles. The molecule has 0 radical (unpaired) electrons. The minimum atomic E-state index is -3.78. The summed E-state index contributed by atoms with van der Waals surface area (Å²) in [5, 5.41) is 9.14. The number of hydrogen-bond donors (Lipinski definition) is 2. The Morgan fingerprint density at radius 3 is 2.58 bits per heavy atom. The van der Waals surface area contributed by atoms with Crippen LogP contribution < -0.4 is 10.5 Å². The number of aromatic nitrogens is 2. The lowest BCUT2D eigenvalue weighted by atomic mass is 9.92. The van der Waals surface area contributed by atoms with E-state index in [0.29, 0.717) is 36.0 Å². The molecule has 0 spiro atoms. The van der Waals surface area contributed by atoms with Crippen molar-refractivity contribution >= 4 is 45.3 Å². The summed E-state index contributed by atoms with van der Waals surface area (Å²) in [6.45, 7) is 1.93. The zero-order valence-electron chi connectivity index (χ0n) is 19.6. The van der Waals surface area contributed by atoms with Crippen LogP contribution in [0.2, 0.25) is 0 Å². The van der Waals surface area contributed by atoms with Gasteiger partial charge in [-0.3, -0.25) is 14.0 Å². The van der Waals surface area contributed by atoms with E-state index in [4.69, 9.17) is 5.14 Å². The van der Waals surface area contributed by atoms with Gasteiger partial charge < -0.3 is 10.2 Å². The summed E-state index contributed by atoms with van der Waals surface area (Å²) >= 11 is 1.45. The van der Waals surface area contributed by atoms with Gasteiger partial charge in [-0.25, -0.2) is 18.5 Å². The fourth-order valence-electron chi connectivity index (χ4n) is 4.67. The number of sulfonamides is 1. The number of amides is 2. The average molecular weight is 526 g/mol. The van der Waals surface area contributed by atoms with Crippen LogP contribution in [0.1, 0.15) is 41.7 Å². The van der Waals surface area contributed by atoms with Gasteiger partial charge in [0.05, 0.1) is 26.7 Å². The Balaban J connectivity index is 1.05. The Bertz CT molecular complexity index is 1440. The number of rotatable bonds is 7. The number of imidazole rings is 1. The standard InChI is InChI=1S/C25H27N5O4S2/c26-36(33,34)20-8-6-18(7-9-20)25(32)29-13-10-17(11-14-29)3-2-12-27-24(31)21-15-19-16-28-22-4-1-5-23(35-21)30(19)22/h1,4-9,15-17H,2-3,10-14H2,(H,27,31)(H2,26,33,34). The van der Waals surface area contributed by atoms with Crippen molar-refractivity contribution in [2.24, 2.45) is 11.1 Å². The maximum Gasteiger partial charge on any atom is 0.258 e. The molecule has 2 amide bonds. The number of piperidine rings is 1. The monoisotopic (exact) mass is 525 g/mol. The molecule has 0 unspecified atom stereocenters. The minimum absolute atomic E-state index is 0.00722. The molecule has 9 nitrogen and oxygen atoms in total. The van der Waals surface area contributed by atoms with Crippen molar-refractivity contribution in [2.75, 3.05) is 19.6 Å². The third-order valence-corrected chi connectivity index (χ3v) is 8.62. The molecule has 2 aromatic heterocycles. The second-order valence-corrected chi connectivity index (χ2v) is 11.7. The second kappa shape index (κ2) is 10.1. The van der Waals surface area contributed by atoms with Crippen LogP contribution in [0.5, 0.6) is 0 Å². The summed E-state index contributed by atoms with van der Waals surface area (Å²) in [7, 11) is -3.78. The van der Waals surface area contributed by atoms with Crippen molar-refractivity contribution < 1.29 is 18.0 Å². The zero-order chi connectivity index (χ0) is 25.3. The number of nitrogens with one attached hydrogen (secondary N) is 1.